The van der Waals surface area contributed by atoms with Crippen LogP contribution in [0.25, 0.3) is 5.69 Å². The van der Waals surface area contributed by atoms with Crippen molar-refractivity contribution >= 4 is 17.7 Å². The Hall–Kier alpha value is -4.61. The molecule has 0 radical (unpaired) electrons. The van der Waals surface area contributed by atoms with Crippen LogP contribution in [-0.4, -0.2) is 71.1 Å². The number of carbonyl (C=O) groups is 2. The fourth-order valence-corrected chi connectivity index (χ4v) is 4.99. The molecule has 0 saturated carbocycles. The number of aromatic nitrogens is 2. The van der Waals surface area contributed by atoms with Gasteiger partial charge in [-0.3, -0.25) is 14.9 Å². The van der Waals surface area contributed by atoms with Crippen LogP contribution in [0.1, 0.15) is 61.1 Å². The number of carbonyl (C=O) groups excluding carboxylic acids is 2. The molecular weight excluding hydrogens is 542 g/mol. The number of nitro benzene ring substituents is 1. The summed E-state index contributed by atoms with van der Waals surface area (Å²) >= 11 is 0. The number of nitrogens with one attached hydrogen (secondary N) is 1. The summed E-state index contributed by atoms with van der Waals surface area (Å²) in [6, 6.07) is 11.6. The fourth-order valence-electron chi connectivity index (χ4n) is 4.99. The zero-order valence-corrected chi connectivity index (χ0v) is 24.6. The van der Waals surface area contributed by atoms with Gasteiger partial charge in [0.1, 0.15) is 17.1 Å². The van der Waals surface area contributed by atoms with Gasteiger partial charge in [-0.1, -0.05) is 0 Å². The molecule has 0 unspecified atom stereocenters. The van der Waals surface area contributed by atoms with E-state index in [0.717, 1.165) is 5.56 Å². The molecule has 12 nitrogen and oxygen atoms in total. The van der Waals surface area contributed by atoms with Gasteiger partial charge in [-0.25, -0.2) is 9.48 Å². The molecule has 0 aliphatic carbocycles. The number of amides is 2. The molecule has 4 rings (SSSR count). The van der Waals surface area contributed by atoms with Crippen molar-refractivity contribution in [3.8, 4) is 17.2 Å². The molecule has 1 saturated heterocycles. The molecule has 2 aromatic carbocycles. The predicted octanol–water partition coefficient (Wildman–Crippen LogP) is 4.88. The van der Waals surface area contributed by atoms with E-state index in [1.807, 2.05) is 39.0 Å². The van der Waals surface area contributed by atoms with Crippen molar-refractivity contribution in [3.63, 3.8) is 0 Å². The Kier molecular flexibility index (Phi) is 9.34. The normalized spacial score (nSPS) is 13.9. The average molecular weight is 580 g/mol. The smallest absolute Gasteiger partial charge is 0.410 e. The summed E-state index contributed by atoms with van der Waals surface area (Å²) in [5, 5.41) is 18.7. The van der Waals surface area contributed by atoms with Gasteiger partial charge in [0, 0.05) is 37.7 Å². The minimum absolute atomic E-state index is 0.0379. The third kappa shape index (κ3) is 7.17. The largest absolute Gasteiger partial charge is 0.497 e. The van der Waals surface area contributed by atoms with Crippen LogP contribution in [0.2, 0.25) is 0 Å². The van der Waals surface area contributed by atoms with Crippen LogP contribution < -0.4 is 14.8 Å². The first-order valence-electron chi connectivity index (χ1n) is 13.8. The Morgan fingerprint density at radius 1 is 1.07 bits per heavy atom. The number of methoxy groups -OCH3 is 2. The highest BCUT2D eigenvalue weighted by atomic mass is 16.6. The van der Waals surface area contributed by atoms with Gasteiger partial charge in [0.25, 0.3) is 11.6 Å². The van der Waals surface area contributed by atoms with Gasteiger partial charge < -0.3 is 24.4 Å². The first kappa shape index (κ1) is 30.4. The first-order chi connectivity index (χ1) is 20.0. The second-order valence-electron chi connectivity index (χ2n) is 11.1. The Bertz CT molecular complexity index is 1420. The SMILES string of the molecule is COc1ccc(OC)c(CCNC(=O)c2cnn(-c3ccc([N+](=O)[O-])cc3)c2C2CCN(C(=O)OC(C)(C)C)CC2)c1. The molecule has 0 bridgehead atoms. The lowest BCUT2D eigenvalue weighted by Gasteiger charge is -2.34. The third-order valence-corrected chi connectivity index (χ3v) is 7.06. The number of piperidine rings is 1. The van der Waals surface area contributed by atoms with E-state index < -0.39 is 10.5 Å². The standard InChI is InChI=1S/C30H37N5O7/c1-30(2,3)42-29(37)33-16-13-20(14-17-33)27-25(19-32-34(27)22-6-8-23(9-7-22)35(38)39)28(36)31-15-12-21-18-24(40-4)10-11-26(21)41-5/h6-11,18-20H,12-17H2,1-5H3,(H,31,36). The van der Waals surface area contributed by atoms with Crippen molar-refractivity contribution < 1.29 is 28.7 Å². The van der Waals surface area contributed by atoms with Gasteiger partial charge in [0.05, 0.1) is 42.3 Å². The summed E-state index contributed by atoms with van der Waals surface area (Å²) in [6.45, 7) is 6.76. The van der Waals surface area contributed by atoms with Crippen LogP contribution >= 0.6 is 0 Å². The highest BCUT2D eigenvalue weighted by Gasteiger charge is 2.32. The summed E-state index contributed by atoms with van der Waals surface area (Å²) < 4.78 is 18.0. The van der Waals surface area contributed by atoms with E-state index in [1.165, 1.54) is 18.3 Å². The minimum atomic E-state index is -0.595. The molecular formula is C30H37N5O7. The number of benzene rings is 2. The number of rotatable bonds is 9. The monoisotopic (exact) mass is 579 g/mol. The van der Waals surface area contributed by atoms with Gasteiger partial charge >= 0.3 is 6.09 Å². The van der Waals surface area contributed by atoms with E-state index >= 15 is 0 Å². The van der Waals surface area contributed by atoms with E-state index in [9.17, 15) is 19.7 Å². The van der Waals surface area contributed by atoms with Crippen molar-refractivity contribution in [2.45, 2.75) is 51.6 Å². The molecule has 2 amide bonds. The molecule has 3 aromatic rings. The summed E-state index contributed by atoms with van der Waals surface area (Å²) in [7, 11) is 3.19. The van der Waals surface area contributed by atoms with Crippen LogP contribution in [-0.2, 0) is 11.2 Å². The van der Waals surface area contributed by atoms with E-state index in [1.54, 1.807) is 35.9 Å². The summed E-state index contributed by atoms with van der Waals surface area (Å²) in [6.07, 6.45) is 2.87. The molecule has 0 spiro atoms. The second-order valence-corrected chi connectivity index (χ2v) is 11.1. The van der Waals surface area contributed by atoms with Crippen LogP contribution in [0, 0.1) is 10.1 Å². The molecule has 1 aliphatic heterocycles. The topological polar surface area (TPSA) is 138 Å². The van der Waals surface area contributed by atoms with Crippen molar-refractivity contribution in [1.82, 2.24) is 20.0 Å². The molecule has 1 fully saturated rings. The van der Waals surface area contributed by atoms with Gasteiger partial charge in [-0.2, -0.15) is 5.10 Å². The number of hydrogen-bond acceptors (Lipinski definition) is 8. The molecule has 1 aromatic heterocycles. The molecule has 12 heteroatoms. The van der Waals surface area contributed by atoms with E-state index in [2.05, 4.69) is 10.4 Å². The van der Waals surface area contributed by atoms with Crippen molar-refractivity contribution in [2.24, 2.45) is 0 Å². The lowest BCUT2D eigenvalue weighted by Crippen LogP contribution is -2.41. The number of nitro groups is 1. The predicted molar refractivity (Wildman–Crippen MR) is 156 cm³/mol. The lowest BCUT2D eigenvalue weighted by atomic mass is 9.90. The third-order valence-electron chi connectivity index (χ3n) is 7.06. The van der Waals surface area contributed by atoms with Crippen LogP contribution in [0.3, 0.4) is 0 Å². The van der Waals surface area contributed by atoms with E-state index in [4.69, 9.17) is 14.2 Å². The van der Waals surface area contributed by atoms with Crippen molar-refractivity contribution in [1.29, 1.82) is 0 Å². The molecule has 2 heterocycles. The molecule has 0 atom stereocenters. The van der Waals surface area contributed by atoms with Crippen molar-refractivity contribution in [3.05, 3.63) is 75.6 Å². The van der Waals surface area contributed by atoms with E-state index in [0.29, 0.717) is 67.3 Å². The van der Waals surface area contributed by atoms with Crippen molar-refractivity contribution in [2.75, 3.05) is 33.9 Å². The molecule has 224 valence electrons. The maximum Gasteiger partial charge on any atom is 0.410 e. The van der Waals surface area contributed by atoms with Crippen LogP contribution in [0.15, 0.2) is 48.7 Å². The fraction of sp³-hybridized carbons (Fsp3) is 0.433. The highest BCUT2D eigenvalue weighted by Crippen LogP contribution is 2.33. The summed E-state index contributed by atoms with van der Waals surface area (Å²) in [5.41, 5.74) is 1.98. The summed E-state index contributed by atoms with van der Waals surface area (Å²) in [4.78, 5) is 38.5. The lowest BCUT2D eigenvalue weighted by molar-refractivity contribution is -0.384. The van der Waals surface area contributed by atoms with Gasteiger partial charge in [-0.05, 0) is 75.9 Å². The molecule has 1 aliphatic rings. The number of hydrogen-bond donors (Lipinski definition) is 1. The van der Waals surface area contributed by atoms with Crippen LogP contribution in [0.4, 0.5) is 10.5 Å². The zero-order chi connectivity index (χ0) is 30.4. The number of likely N-dealkylation sites (tertiary alicyclic amines) is 1. The second kappa shape index (κ2) is 12.9. The Balaban J connectivity index is 1.55. The van der Waals surface area contributed by atoms with E-state index in [-0.39, 0.29) is 23.6 Å². The Labute approximate surface area is 244 Å². The number of nitrogens with zero attached hydrogens (tertiary/aromatic N) is 4. The maximum atomic E-state index is 13.5. The summed E-state index contributed by atoms with van der Waals surface area (Å²) in [5.74, 6) is 1.03. The van der Waals surface area contributed by atoms with Crippen LogP contribution in [0.5, 0.6) is 11.5 Å². The zero-order valence-electron chi connectivity index (χ0n) is 24.6. The van der Waals surface area contributed by atoms with Gasteiger partial charge in [-0.15, -0.1) is 0 Å². The van der Waals surface area contributed by atoms with Gasteiger partial charge in [0.2, 0.25) is 0 Å². The quantitative estimate of drug-likeness (QED) is 0.280. The number of non-ortho nitro benzene ring substituents is 1. The van der Waals surface area contributed by atoms with Gasteiger partial charge in [0.15, 0.2) is 0 Å². The first-order valence-corrected chi connectivity index (χ1v) is 13.8. The maximum absolute atomic E-state index is 13.5. The average Bonchev–Trinajstić information content (AvgIpc) is 3.41. The highest BCUT2D eigenvalue weighted by molar-refractivity contribution is 5.95. The molecule has 1 N–H and O–H groups in total. The minimum Gasteiger partial charge on any atom is -0.497 e. The Morgan fingerprint density at radius 3 is 2.36 bits per heavy atom. The Morgan fingerprint density at radius 2 is 1.76 bits per heavy atom. The molecule has 42 heavy (non-hydrogen) atoms. The number of ether oxygens (including phenoxy) is 3.